The van der Waals surface area contributed by atoms with Gasteiger partial charge in [0.25, 0.3) is 0 Å². The molecule has 4 heteroatoms. The second-order valence-corrected chi connectivity index (χ2v) is 4.35. The summed E-state index contributed by atoms with van der Waals surface area (Å²) in [6, 6.07) is 0.374. The van der Waals surface area contributed by atoms with Crippen molar-refractivity contribution in [3.63, 3.8) is 0 Å². The molecule has 94 valence electrons. The van der Waals surface area contributed by atoms with Crippen molar-refractivity contribution in [2.45, 2.75) is 51.5 Å². The highest BCUT2D eigenvalue weighted by Gasteiger charge is 2.16. The van der Waals surface area contributed by atoms with Crippen molar-refractivity contribution in [3.05, 3.63) is 0 Å². The highest BCUT2D eigenvalue weighted by molar-refractivity contribution is 5.74. The van der Waals surface area contributed by atoms with Gasteiger partial charge in [-0.05, 0) is 25.7 Å². The summed E-state index contributed by atoms with van der Waals surface area (Å²) in [6.45, 7) is 4.33. The van der Waals surface area contributed by atoms with E-state index in [-0.39, 0.29) is 6.03 Å². The van der Waals surface area contributed by atoms with E-state index in [1.807, 2.05) is 0 Å². The Bertz CT molecular complexity index is 191. The van der Waals surface area contributed by atoms with Crippen LogP contribution in [0.3, 0.4) is 0 Å². The molecule has 0 aromatic carbocycles. The molecule has 0 atom stereocenters. The molecule has 2 amide bonds. The molecule has 0 saturated heterocycles. The molecule has 0 unspecified atom stereocenters. The number of urea groups is 1. The third-order valence-corrected chi connectivity index (χ3v) is 2.79. The fourth-order valence-electron chi connectivity index (χ4n) is 1.93. The molecule has 0 spiro atoms. The highest BCUT2D eigenvalue weighted by atomic mass is 16.5. The minimum Gasteiger partial charge on any atom is -0.381 e. The van der Waals surface area contributed by atoms with Crippen LogP contribution in [0.2, 0.25) is 0 Å². The standard InChI is InChI=1S/C12H24N2O2/c1-2-9-16-10-5-8-13-12(15)14-11-6-3-4-7-11/h11H,2-10H2,1H3,(H2,13,14,15). The van der Waals surface area contributed by atoms with Gasteiger partial charge in [-0.15, -0.1) is 0 Å². The zero-order valence-corrected chi connectivity index (χ0v) is 10.3. The van der Waals surface area contributed by atoms with Gasteiger partial charge in [-0.2, -0.15) is 0 Å². The Morgan fingerprint density at radius 3 is 2.75 bits per heavy atom. The number of nitrogens with one attached hydrogen (secondary N) is 2. The topological polar surface area (TPSA) is 50.4 Å². The lowest BCUT2D eigenvalue weighted by Gasteiger charge is -2.12. The van der Waals surface area contributed by atoms with Crippen LogP contribution in [0.25, 0.3) is 0 Å². The summed E-state index contributed by atoms with van der Waals surface area (Å²) in [4.78, 5) is 11.4. The fourth-order valence-corrected chi connectivity index (χ4v) is 1.93. The third kappa shape index (κ3) is 5.95. The molecule has 1 saturated carbocycles. The second-order valence-electron chi connectivity index (χ2n) is 4.35. The van der Waals surface area contributed by atoms with Crippen LogP contribution in [0.5, 0.6) is 0 Å². The largest absolute Gasteiger partial charge is 0.381 e. The predicted octanol–water partition coefficient (Wildman–Crippen LogP) is 2.04. The summed E-state index contributed by atoms with van der Waals surface area (Å²) in [5.74, 6) is 0. The third-order valence-electron chi connectivity index (χ3n) is 2.79. The minimum absolute atomic E-state index is 0.0256. The van der Waals surface area contributed by atoms with Gasteiger partial charge in [0.15, 0.2) is 0 Å². The van der Waals surface area contributed by atoms with E-state index in [0.29, 0.717) is 12.6 Å². The van der Waals surface area contributed by atoms with Crippen molar-refractivity contribution in [2.75, 3.05) is 19.8 Å². The van der Waals surface area contributed by atoms with E-state index >= 15 is 0 Å². The molecule has 16 heavy (non-hydrogen) atoms. The molecule has 1 aliphatic carbocycles. The van der Waals surface area contributed by atoms with Gasteiger partial charge in [0, 0.05) is 25.8 Å². The van der Waals surface area contributed by atoms with Gasteiger partial charge in [-0.25, -0.2) is 4.79 Å². The van der Waals surface area contributed by atoms with Crippen LogP contribution in [-0.4, -0.2) is 31.8 Å². The zero-order chi connectivity index (χ0) is 11.6. The molecule has 1 fully saturated rings. The molecule has 0 aromatic rings. The van der Waals surface area contributed by atoms with E-state index in [9.17, 15) is 4.79 Å². The van der Waals surface area contributed by atoms with Crippen LogP contribution >= 0.6 is 0 Å². The van der Waals surface area contributed by atoms with E-state index in [1.54, 1.807) is 0 Å². The second kappa shape index (κ2) is 8.39. The van der Waals surface area contributed by atoms with Crippen LogP contribution in [-0.2, 0) is 4.74 Å². The number of rotatable bonds is 7. The van der Waals surface area contributed by atoms with Gasteiger partial charge < -0.3 is 15.4 Å². The predicted molar refractivity (Wildman–Crippen MR) is 64.5 cm³/mol. The molecule has 0 bridgehead atoms. The average Bonchev–Trinajstić information content (AvgIpc) is 2.76. The minimum atomic E-state index is -0.0256. The maximum absolute atomic E-state index is 11.4. The SMILES string of the molecule is CCCOCCCNC(=O)NC1CCCC1. The van der Waals surface area contributed by atoms with Crippen LogP contribution in [0.15, 0.2) is 0 Å². The monoisotopic (exact) mass is 228 g/mol. The van der Waals surface area contributed by atoms with Crippen LogP contribution in [0.1, 0.15) is 45.4 Å². The number of carbonyl (C=O) groups excluding carboxylic acids is 1. The molecule has 4 nitrogen and oxygen atoms in total. The molecule has 1 aliphatic rings. The van der Waals surface area contributed by atoms with E-state index in [1.165, 1.54) is 12.8 Å². The van der Waals surface area contributed by atoms with Crippen molar-refractivity contribution in [3.8, 4) is 0 Å². The highest BCUT2D eigenvalue weighted by Crippen LogP contribution is 2.17. The molecule has 0 aliphatic heterocycles. The smallest absolute Gasteiger partial charge is 0.315 e. The van der Waals surface area contributed by atoms with Crippen LogP contribution in [0.4, 0.5) is 4.79 Å². The molecular weight excluding hydrogens is 204 g/mol. The van der Waals surface area contributed by atoms with Crippen LogP contribution in [0, 0.1) is 0 Å². The Morgan fingerprint density at radius 1 is 1.31 bits per heavy atom. The van der Waals surface area contributed by atoms with E-state index in [0.717, 1.165) is 38.9 Å². The van der Waals surface area contributed by atoms with Crippen molar-refractivity contribution in [2.24, 2.45) is 0 Å². The lowest BCUT2D eigenvalue weighted by molar-refractivity contribution is 0.132. The molecule has 0 aromatic heterocycles. The molecular formula is C12H24N2O2. The Hall–Kier alpha value is -0.770. The lowest BCUT2D eigenvalue weighted by Crippen LogP contribution is -2.41. The first kappa shape index (κ1) is 13.3. The number of carbonyl (C=O) groups is 1. The number of hydrogen-bond donors (Lipinski definition) is 2. The van der Waals surface area contributed by atoms with Gasteiger partial charge >= 0.3 is 6.03 Å². The van der Waals surface area contributed by atoms with Crippen molar-refractivity contribution >= 4 is 6.03 Å². The average molecular weight is 228 g/mol. The zero-order valence-electron chi connectivity index (χ0n) is 10.3. The van der Waals surface area contributed by atoms with E-state index in [4.69, 9.17) is 4.74 Å². The van der Waals surface area contributed by atoms with Crippen molar-refractivity contribution in [1.82, 2.24) is 10.6 Å². The summed E-state index contributed by atoms with van der Waals surface area (Å²) >= 11 is 0. The van der Waals surface area contributed by atoms with E-state index in [2.05, 4.69) is 17.6 Å². The fraction of sp³-hybridized carbons (Fsp3) is 0.917. The first-order valence-corrected chi connectivity index (χ1v) is 6.45. The Labute approximate surface area is 98.1 Å². The van der Waals surface area contributed by atoms with Crippen LogP contribution < -0.4 is 10.6 Å². The lowest BCUT2D eigenvalue weighted by atomic mass is 10.2. The number of ether oxygens (including phenoxy) is 1. The number of hydrogen-bond acceptors (Lipinski definition) is 2. The normalized spacial score (nSPS) is 16.3. The van der Waals surface area contributed by atoms with Crippen molar-refractivity contribution < 1.29 is 9.53 Å². The quantitative estimate of drug-likeness (QED) is 0.655. The summed E-state index contributed by atoms with van der Waals surface area (Å²) < 4.78 is 5.33. The maximum atomic E-state index is 11.4. The molecule has 2 N–H and O–H groups in total. The van der Waals surface area contributed by atoms with Gasteiger partial charge in [-0.3, -0.25) is 0 Å². The van der Waals surface area contributed by atoms with Gasteiger partial charge in [0.05, 0.1) is 0 Å². The summed E-state index contributed by atoms with van der Waals surface area (Å²) in [5, 5.41) is 5.85. The first-order valence-electron chi connectivity index (χ1n) is 6.45. The Morgan fingerprint density at radius 2 is 2.06 bits per heavy atom. The summed E-state index contributed by atoms with van der Waals surface area (Å²) in [6.07, 6.45) is 6.69. The molecule has 0 radical (unpaired) electrons. The molecule has 1 rings (SSSR count). The Balaban J connectivity index is 1.89. The van der Waals surface area contributed by atoms with Gasteiger partial charge in [0.1, 0.15) is 0 Å². The van der Waals surface area contributed by atoms with Gasteiger partial charge in [-0.1, -0.05) is 19.8 Å². The summed E-state index contributed by atoms with van der Waals surface area (Å²) in [7, 11) is 0. The number of amides is 2. The van der Waals surface area contributed by atoms with Crippen molar-refractivity contribution in [1.29, 1.82) is 0 Å². The summed E-state index contributed by atoms with van der Waals surface area (Å²) in [5.41, 5.74) is 0. The van der Waals surface area contributed by atoms with E-state index < -0.39 is 0 Å². The molecule has 0 heterocycles. The van der Waals surface area contributed by atoms with Gasteiger partial charge in [0.2, 0.25) is 0 Å². The first-order chi connectivity index (χ1) is 7.83. The maximum Gasteiger partial charge on any atom is 0.315 e. The Kier molecular flexibility index (Phi) is 6.97.